The molecule has 1 N–H and O–H groups in total. The van der Waals surface area contributed by atoms with Crippen molar-refractivity contribution in [3.05, 3.63) is 67.8 Å². The van der Waals surface area contributed by atoms with E-state index in [0.717, 1.165) is 10.8 Å². The highest BCUT2D eigenvalue weighted by atomic mass is 32.2. The molecule has 0 radical (unpaired) electrons. The Balaban J connectivity index is 1.60. The second kappa shape index (κ2) is 10.2. The van der Waals surface area contributed by atoms with Crippen LogP contribution in [0.15, 0.2) is 67.8 Å². The molecular formula is C30H34N2O5S. The van der Waals surface area contributed by atoms with Crippen molar-refractivity contribution in [3.8, 4) is 0 Å². The van der Waals surface area contributed by atoms with Crippen molar-refractivity contribution in [1.29, 1.82) is 0 Å². The highest BCUT2D eigenvalue weighted by Gasteiger charge is 2.77. The number of esters is 1. The lowest BCUT2D eigenvalue weighted by atomic mass is 9.66. The van der Waals surface area contributed by atoms with Crippen LogP contribution in [0.2, 0.25) is 0 Å². The fourth-order valence-electron chi connectivity index (χ4n) is 6.75. The van der Waals surface area contributed by atoms with Crippen LogP contribution < -0.4 is 4.90 Å². The molecule has 3 aliphatic heterocycles. The van der Waals surface area contributed by atoms with E-state index >= 15 is 0 Å². The third-order valence-electron chi connectivity index (χ3n) is 8.39. The second-order valence-corrected chi connectivity index (χ2v) is 12.1. The highest BCUT2D eigenvalue weighted by Crippen LogP contribution is 2.69. The van der Waals surface area contributed by atoms with Crippen LogP contribution in [0.3, 0.4) is 0 Å². The summed E-state index contributed by atoms with van der Waals surface area (Å²) in [5, 5.41) is 12.1. The van der Waals surface area contributed by atoms with Crippen LogP contribution in [-0.2, 0) is 19.1 Å². The van der Waals surface area contributed by atoms with Gasteiger partial charge in [0.05, 0.1) is 29.2 Å². The Kier molecular flexibility index (Phi) is 7.13. The summed E-state index contributed by atoms with van der Waals surface area (Å²) in [5.74, 6) is -2.22. The molecule has 7 nitrogen and oxygen atoms in total. The summed E-state index contributed by atoms with van der Waals surface area (Å²) in [5.41, 5.74) is 0.713. The number of nitrogens with zero attached hydrogens (tertiary/aromatic N) is 2. The van der Waals surface area contributed by atoms with E-state index < -0.39 is 34.6 Å². The van der Waals surface area contributed by atoms with Gasteiger partial charge in [0.1, 0.15) is 12.6 Å². The molecule has 5 rings (SSSR count). The summed E-state index contributed by atoms with van der Waals surface area (Å²) >= 11 is 1.59. The number of anilines is 1. The molecule has 0 aromatic heterocycles. The smallest absolute Gasteiger partial charge is 0.311 e. The van der Waals surface area contributed by atoms with Crippen LogP contribution >= 0.6 is 11.8 Å². The number of hydrogen-bond acceptors (Lipinski definition) is 6. The first-order valence-corrected chi connectivity index (χ1v) is 14.0. The van der Waals surface area contributed by atoms with Gasteiger partial charge in [-0.25, -0.2) is 0 Å². The number of thioether (sulfide) groups is 1. The molecule has 2 bridgehead atoms. The molecule has 3 heterocycles. The quantitative estimate of drug-likeness (QED) is 0.389. The monoisotopic (exact) mass is 534 g/mol. The maximum Gasteiger partial charge on any atom is 0.311 e. The fraction of sp³-hybridized carbons (Fsp3) is 0.433. The van der Waals surface area contributed by atoms with Crippen molar-refractivity contribution in [2.75, 3.05) is 24.7 Å². The van der Waals surface area contributed by atoms with Crippen LogP contribution in [0.4, 0.5) is 5.69 Å². The Hall–Kier alpha value is -3.10. The predicted octanol–water partition coefficient (Wildman–Crippen LogP) is 3.81. The van der Waals surface area contributed by atoms with Crippen LogP contribution in [0, 0.1) is 17.8 Å². The molecule has 38 heavy (non-hydrogen) atoms. The number of ether oxygens (including phenoxy) is 1. The van der Waals surface area contributed by atoms with Gasteiger partial charge < -0.3 is 19.6 Å². The summed E-state index contributed by atoms with van der Waals surface area (Å²) in [4.78, 5) is 45.1. The molecule has 7 atom stereocenters. The number of carbonyl (C=O) groups is 3. The van der Waals surface area contributed by atoms with Gasteiger partial charge in [0.25, 0.3) is 5.91 Å². The maximum absolute atomic E-state index is 14.6. The van der Waals surface area contributed by atoms with E-state index in [4.69, 9.17) is 4.74 Å². The van der Waals surface area contributed by atoms with E-state index in [1.807, 2.05) is 42.5 Å². The number of benzene rings is 2. The van der Waals surface area contributed by atoms with Crippen LogP contribution in [0.25, 0.3) is 10.8 Å². The number of fused-ring (bicyclic) bond motifs is 2. The van der Waals surface area contributed by atoms with Gasteiger partial charge >= 0.3 is 5.97 Å². The molecular weight excluding hydrogens is 500 g/mol. The molecule has 3 unspecified atom stereocenters. The molecule has 3 fully saturated rings. The second-order valence-electron chi connectivity index (χ2n) is 10.5. The van der Waals surface area contributed by atoms with Crippen molar-refractivity contribution < 1.29 is 24.2 Å². The summed E-state index contributed by atoms with van der Waals surface area (Å²) < 4.78 is 4.64. The molecule has 2 aromatic rings. The minimum Gasteiger partial charge on any atom is -0.461 e. The number of likely N-dealkylation sites (tertiary alicyclic amines) is 1. The lowest BCUT2D eigenvalue weighted by Crippen LogP contribution is -2.59. The number of rotatable bonds is 9. The van der Waals surface area contributed by atoms with E-state index in [1.54, 1.807) is 34.6 Å². The largest absolute Gasteiger partial charge is 0.461 e. The van der Waals surface area contributed by atoms with E-state index in [0.29, 0.717) is 12.1 Å². The van der Waals surface area contributed by atoms with Crippen molar-refractivity contribution in [2.24, 2.45) is 17.8 Å². The highest BCUT2D eigenvalue weighted by molar-refractivity contribution is 8.02. The molecule has 1 spiro atoms. The SMILES string of the molecule is C=CCOC(=O)[C@@H]1[C@H]2C(=O)N([C@H](C)CO)C(C(=O)N(CC=C)c3ccc4ccccc4c3)C23S[C@@H]1CC3C. The standard InChI is InChI=1S/C30H34N2O5S/c1-5-13-31(22-12-11-20-9-7-8-10-21(20)16-22)28(35)26-30-18(3)15-23(38-30)24(29(36)37-14-6-2)25(30)27(34)32(26)19(4)17-33/h5-12,16,18-19,23-26,33H,1-2,13-15,17H2,3-4H3/t18?,19-,23-,24+,25+,26?,30?/m1/s1. The molecule has 3 aliphatic rings. The van der Waals surface area contributed by atoms with Crippen LogP contribution in [0.1, 0.15) is 20.3 Å². The minimum absolute atomic E-state index is 0.0157. The Morgan fingerprint density at radius 3 is 2.66 bits per heavy atom. The topological polar surface area (TPSA) is 87.1 Å². The number of aliphatic hydroxyl groups excluding tert-OH is 1. The van der Waals surface area contributed by atoms with E-state index in [2.05, 4.69) is 20.1 Å². The van der Waals surface area contributed by atoms with E-state index in [1.165, 1.54) is 6.08 Å². The van der Waals surface area contributed by atoms with Gasteiger partial charge in [-0.3, -0.25) is 14.4 Å². The van der Waals surface area contributed by atoms with Crippen molar-refractivity contribution in [1.82, 2.24) is 4.90 Å². The first-order valence-electron chi connectivity index (χ1n) is 13.1. The summed E-state index contributed by atoms with van der Waals surface area (Å²) in [6.07, 6.45) is 3.90. The fourth-order valence-corrected chi connectivity index (χ4v) is 9.14. The molecule has 200 valence electrons. The Morgan fingerprint density at radius 2 is 1.97 bits per heavy atom. The average molecular weight is 535 g/mol. The normalized spacial score (nSPS) is 30.2. The summed E-state index contributed by atoms with van der Waals surface area (Å²) in [6, 6.07) is 12.4. The van der Waals surface area contributed by atoms with Crippen LogP contribution in [0.5, 0.6) is 0 Å². The Labute approximate surface area is 227 Å². The number of hydrogen-bond donors (Lipinski definition) is 1. The van der Waals surface area contributed by atoms with Gasteiger partial charge in [0.2, 0.25) is 5.91 Å². The molecule has 8 heteroatoms. The summed E-state index contributed by atoms with van der Waals surface area (Å²) in [7, 11) is 0. The lowest BCUT2D eigenvalue weighted by Gasteiger charge is -2.41. The number of carbonyl (C=O) groups excluding carboxylic acids is 3. The Morgan fingerprint density at radius 1 is 1.24 bits per heavy atom. The maximum atomic E-state index is 14.6. The number of amides is 2. The summed E-state index contributed by atoms with van der Waals surface area (Å²) in [6.45, 7) is 11.4. The zero-order valence-corrected chi connectivity index (χ0v) is 22.6. The average Bonchev–Trinajstić information content (AvgIpc) is 3.52. The molecule has 0 saturated carbocycles. The van der Waals surface area contributed by atoms with Gasteiger partial charge in [-0.05, 0) is 42.2 Å². The first-order chi connectivity index (χ1) is 18.3. The number of aliphatic hydroxyl groups is 1. The molecule has 0 aliphatic carbocycles. The van der Waals surface area contributed by atoms with E-state index in [9.17, 15) is 19.5 Å². The van der Waals surface area contributed by atoms with Crippen LogP contribution in [-0.4, -0.2) is 69.6 Å². The minimum atomic E-state index is -0.837. The van der Waals surface area contributed by atoms with Crippen molar-refractivity contribution >= 4 is 46.0 Å². The van der Waals surface area contributed by atoms with Gasteiger partial charge in [-0.2, -0.15) is 0 Å². The zero-order chi connectivity index (χ0) is 27.2. The van der Waals surface area contributed by atoms with Crippen molar-refractivity contribution in [2.45, 2.75) is 42.3 Å². The Bertz CT molecular complexity index is 1300. The molecule has 3 saturated heterocycles. The van der Waals surface area contributed by atoms with E-state index in [-0.39, 0.29) is 42.7 Å². The van der Waals surface area contributed by atoms with Gasteiger partial charge in [-0.1, -0.05) is 56.0 Å². The zero-order valence-electron chi connectivity index (χ0n) is 21.8. The van der Waals surface area contributed by atoms with Gasteiger partial charge in [-0.15, -0.1) is 18.3 Å². The first kappa shape index (κ1) is 26.5. The van der Waals surface area contributed by atoms with Gasteiger partial charge in [0.15, 0.2) is 0 Å². The molecule has 2 amide bonds. The third kappa shape index (κ3) is 3.88. The molecule has 2 aromatic carbocycles. The third-order valence-corrected chi connectivity index (χ3v) is 10.5. The van der Waals surface area contributed by atoms with Gasteiger partial charge in [0, 0.05) is 17.5 Å². The lowest BCUT2D eigenvalue weighted by molar-refractivity contribution is -0.153. The predicted molar refractivity (Wildman–Crippen MR) is 150 cm³/mol. The van der Waals surface area contributed by atoms with Crippen molar-refractivity contribution in [3.63, 3.8) is 0 Å².